The molecule has 100 valence electrons. The van der Waals surface area contributed by atoms with Crippen LogP contribution >= 0.6 is 0 Å². The van der Waals surface area contributed by atoms with Gasteiger partial charge in [-0.1, -0.05) is 0 Å². The Kier molecular flexibility index (Phi) is 4.62. The molecular formula is C10H13FN2O4S. The monoisotopic (exact) mass is 276 g/mol. The van der Waals surface area contributed by atoms with Crippen LogP contribution in [0.25, 0.3) is 0 Å². The molecule has 0 bridgehead atoms. The van der Waals surface area contributed by atoms with Crippen molar-refractivity contribution in [1.82, 2.24) is 4.72 Å². The molecular weight excluding hydrogens is 263 g/mol. The van der Waals surface area contributed by atoms with Gasteiger partial charge in [0.2, 0.25) is 10.0 Å². The molecule has 0 heterocycles. The Bertz CT molecular complexity index is 545. The van der Waals surface area contributed by atoms with Gasteiger partial charge in [-0.3, -0.25) is 4.79 Å². The summed E-state index contributed by atoms with van der Waals surface area (Å²) in [5.41, 5.74) is 5.52. The maximum absolute atomic E-state index is 13.4. The second-order valence-corrected chi connectivity index (χ2v) is 5.15. The fourth-order valence-electron chi connectivity index (χ4n) is 1.19. The number of benzene rings is 1. The van der Waals surface area contributed by atoms with Gasteiger partial charge in [0.15, 0.2) is 0 Å². The van der Waals surface area contributed by atoms with Crippen molar-refractivity contribution >= 4 is 21.7 Å². The first kappa shape index (κ1) is 14.4. The standard InChI is InChI=1S/C10H13FN2O4S/c1-17-10(14)4-5-13-18(15,16)9-6-7(12)2-3-8(9)11/h2-3,6,13H,4-5,12H2,1H3. The lowest BCUT2D eigenvalue weighted by atomic mass is 10.3. The number of nitrogens with one attached hydrogen (secondary N) is 1. The van der Waals surface area contributed by atoms with Crippen LogP contribution in [-0.2, 0) is 19.6 Å². The highest BCUT2D eigenvalue weighted by molar-refractivity contribution is 7.89. The lowest BCUT2D eigenvalue weighted by Gasteiger charge is -2.07. The fraction of sp³-hybridized carbons (Fsp3) is 0.300. The summed E-state index contributed by atoms with van der Waals surface area (Å²) >= 11 is 0. The van der Waals surface area contributed by atoms with E-state index in [2.05, 4.69) is 9.46 Å². The summed E-state index contributed by atoms with van der Waals surface area (Å²) < 4.78 is 43.2. The van der Waals surface area contributed by atoms with Crippen molar-refractivity contribution in [3.05, 3.63) is 24.0 Å². The fourth-order valence-corrected chi connectivity index (χ4v) is 2.34. The van der Waals surface area contributed by atoms with Gasteiger partial charge >= 0.3 is 5.97 Å². The van der Waals surface area contributed by atoms with Gasteiger partial charge in [-0.05, 0) is 18.2 Å². The van der Waals surface area contributed by atoms with E-state index in [0.29, 0.717) is 0 Å². The summed E-state index contributed by atoms with van der Waals surface area (Å²) in [6, 6.07) is 3.23. The zero-order valence-corrected chi connectivity index (χ0v) is 10.5. The number of rotatable bonds is 5. The van der Waals surface area contributed by atoms with Crippen LogP contribution in [0.3, 0.4) is 0 Å². The molecule has 0 unspecified atom stereocenters. The number of methoxy groups -OCH3 is 1. The number of nitrogens with two attached hydrogens (primary N) is 1. The molecule has 0 aliphatic rings. The molecule has 0 amide bonds. The molecule has 6 nitrogen and oxygen atoms in total. The van der Waals surface area contributed by atoms with Crippen molar-refractivity contribution in [1.29, 1.82) is 0 Å². The summed E-state index contributed by atoms with van der Waals surface area (Å²) in [6.45, 7) is -0.177. The first-order chi connectivity index (χ1) is 8.36. The van der Waals surface area contributed by atoms with Gasteiger partial charge in [-0.25, -0.2) is 17.5 Å². The van der Waals surface area contributed by atoms with Crippen molar-refractivity contribution in [2.24, 2.45) is 0 Å². The molecule has 3 N–H and O–H groups in total. The summed E-state index contributed by atoms with van der Waals surface area (Å²) in [4.78, 5) is 10.3. The zero-order chi connectivity index (χ0) is 13.8. The van der Waals surface area contributed by atoms with Gasteiger partial charge in [0, 0.05) is 12.2 Å². The minimum atomic E-state index is -4.03. The summed E-state index contributed by atoms with van der Waals surface area (Å²) in [7, 11) is -2.84. The number of hydrogen-bond acceptors (Lipinski definition) is 5. The second-order valence-electron chi connectivity index (χ2n) is 3.41. The van der Waals surface area contributed by atoms with Crippen LogP contribution in [0, 0.1) is 5.82 Å². The molecule has 1 aromatic carbocycles. The highest BCUT2D eigenvalue weighted by atomic mass is 32.2. The van der Waals surface area contributed by atoms with Gasteiger partial charge in [0.1, 0.15) is 10.7 Å². The van der Waals surface area contributed by atoms with Crippen LogP contribution in [-0.4, -0.2) is 28.0 Å². The van der Waals surface area contributed by atoms with Crippen molar-refractivity contribution in [2.45, 2.75) is 11.3 Å². The predicted molar refractivity (Wildman–Crippen MR) is 62.6 cm³/mol. The van der Waals surface area contributed by atoms with Crippen molar-refractivity contribution in [3.63, 3.8) is 0 Å². The van der Waals surface area contributed by atoms with E-state index in [-0.39, 0.29) is 18.7 Å². The van der Waals surface area contributed by atoms with Gasteiger partial charge in [-0.2, -0.15) is 0 Å². The molecule has 8 heteroatoms. The first-order valence-corrected chi connectivity index (χ1v) is 6.46. The number of halogens is 1. The SMILES string of the molecule is COC(=O)CCNS(=O)(=O)c1cc(N)ccc1F. The average molecular weight is 276 g/mol. The van der Waals surface area contributed by atoms with Crippen molar-refractivity contribution < 1.29 is 22.3 Å². The summed E-state index contributed by atoms with van der Waals surface area (Å²) in [5.74, 6) is -1.47. The number of sulfonamides is 1. The Labute approximate surface area is 104 Å². The Morgan fingerprint density at radius 3 is 2.78 bits per heavy atom. The van der Waals surface area contributed by atoms with Crippen LogP contribution in [0.2, 0.25) is 0 Å². The van der Waals surface area contributed by atoms with Gasteiger partial charge < -0.3 is 10.5 Å². The Hall–Kier alpha value is -1.67. The molecule has 1 aromatic rings. The maximum atomic E-state index is 13.4. The molecule has 0 fully saturated rings. The number of ether oxygens (including phenoxy) is 1. The van der Waals surface area contributed by atoms with Gasteiger partial charge in [0.25, 0.3) is 0 Å². The van der Waals surface area contributed by atoms with Crippen LogP contribution < -0.4 is 10.5 Å². The van der Waals surface area contributed by atoms with Gasteiger partial charge in [0.05, 0.1) is 13.5 Å². The molecule has 1 rings (SSSR count). The molecule has 0 aromatic heterocycles. The lowest BCUT2D eigenvalue weighted by Crippen LogP contribution is -2.27. The third-order valence-electron chi connectivity index (χ3n) is 2.09. The molecule has 0 radical (unpaired) electrons. The number of carbonyl (C=O) groups excluding carboxylic acids is 1. The van der Waals surface area contributed by atoms with Crippen LogP contribution in [0.4, 0.5) is 10.1 Å². The number of esters is 1. The number of anilines is 1. The highest BCUT2D eigenvalue weighted by Crippen LogP contribution is 2.17. The predicted octanol–water partition coefficient (Wildman–Crippen LogP) is 0.249. The van der Waals surface area contributed by atoms with Crippen LogP contribution in [0.15, 0.2) is 23.1 Å². The van der Waals surface area contributed by atoms with Crippen molar-refractivity contribution in [2.75, 3.05) is 19.4 Å². The summed E-state index contributed by atoms with van der Waals surface area (Å²) in [6.07, 6.45) is -0.139. The third-order valence-corrected chi connectivity index (χ3v) is 3.57. The van der Waals surface area contributed by atoms with E-state index in [4.69, 9.17) is 5.73 Å². The summed E-state index contributed by atoms with van der Waals surface area (Å²) in [5, 5.41) is 0. The zero-order valence-electron chi connectivity index (χ0n) is 9.64. The Morgan fingerprint density at radius 1 is 1.50 bits per heavy atom. The average Bonchev–Trinajstić information content (AvgIpc) is 2.31. The first-order valence-electron chi connectivity index (χ1n) is 4.98. The Balaban J connectivity index is 2.80. The Morgan fingerprint density at radius 2 is 2.17 bits per heavy atom. The van der Waals surface area contributed by atoms with Crippen LogP contribution in [0.5, 0.6) is 0 Å². The highest BCUT2D eigenvalue weighted by Gasteiger charge is 2.19. The van der Waals surface area contributed by atoms with E-state index in [1.807, 2.05) is 0 Å². The van der Waals surface area contributed by atoms with E-state index in [1.165, 1.54) is 13.2 Å². The number of carbonyl (C=O) groups is 1. The quantitative estimate of drug-likeness (QED) is 0.593. The maximum Gasteiger partial charge on any atom is 0.306 e. The van der Waals surface area contributed by atoms with E-state index in [0.717, 1.165) is 12.1 Å². The van der Waals surface area contributed by atoms with E-state index in [1.54, 1.807) is 0 Å². The van der Waals surface area contributed by atoms with E-state index >= 15 is 0 Å². The van der Waals surface area contributed by atoms with Crippen molar-refractivity contribution in [3.8, 4) is 0 Å². The number of nitrogen functional groups attached to an aromatic ring is 1. The molecule has 18 heavy (non-hydrogen) atoms. The minimum Gasteiger partial charge on any atom is -0.469 e. The molecule has 0 saturated heterocycles. The molecule has 0 spiro atoms. The van der Waals surface area contributed by atoms with Crippen LogP contribution in [0.1, 0.15) is 6.42 Å². The molecule has 0 aliphatic heterocycles. The lowest BCUT2D eigenvalue weighted by molar-refractivity contribution is -0.140. The largest absolute Gasteiger partial charge is 0.469 e. The van der Waals surface area contributed by atoms with E-state index in [9.17, 15) is 17.6 Å². The topological polar surface area (TPSA) is 98.5 Å². The minimum absolute atomic E-state index is 0.129. The molecule has 0 aliphatic carbocycles. The third kappa shape index (κ3) is 3.67. The second kappa shape index (κ2) is 5.78. The van der Waals surface area contributed by atoms with Gasteiger partial charge in [-0.15, -0.1) is 0 Å². The molecule has 0 atom stereocenters. The number of hydrogen-bond donors (Lipinski definition) is 2. The normalized spacial score (nSPS) is 11.2. The smallest absolute Gasteiger partial charge is 0.306 e. The van der Waals surface area contributed by atoms with E-state index < -0.39 is 26.7 Å². The molecule has 0 saturated carbocycles.